The predicted molar refractivity (Wildman–Crippen MR) is 103 cm³/mol. The zero-order chi connectivity index (χ0) is 21.6. The molecule has 0 saturated carbocycles. The molecule has 2 amide bonds. The zero-order valence-corrected chi connectivity index (χ0v) is 16.5. The standard InChI is InChI=1S/C18H30N2O9/c1-3-7-24-8-5-19-17(22)28-14-12-25-10-11-26-13-15-29-18(23)20-6-9-27-16(21)4-2/h3-4H,1-2,5-15H2,(H,19,22)(H,20,23). The number of hydrogen-bond acceptors (Lipinski definition) is 9. The van der Waals surface area contributed by atoms with Gasteiger partial charge in [-0.25, -0.2) is 14.4 Å². The summed E-state index contributed by atoms with van der Waals surface area (Å²) in [5.74, 6) is -0.560. The van der Waals surface area contributed by atoms with Gasteiger partial charge in [0.15, 0.2) is 0 Å². The highest BCUT2D eigenvalue weighted by atomic mass is 16.6. The smallest absolute Gasteiger partial charge is 0.407 e. The fraction of sp³-hybridized carbons (Fsp3) is 0.611. The SMILES string of the molecule is C=CCOCCNC(=O)OCCOCCOCCOC(=O)NCCOC(=O)C=C. The van der Waals surface area contributed by atoms with Crippen LogP contribution in [0.25, 0.3) is 0 Å². The Kier molecular flexibility index (Phi) is 18.3. The van der Waals surface area contributed by atoms with Crippen molar-refractivity contribution in [1.82, 2.24) is 10.6 Å². The van der Waals surface area contributed by atoms with Gasteiger partial charge in [0.25, 0.3) is 0 Å². The first-order chi connectivity index (χ1) is 14.1. The van der Waals surface area contributed by atoms with Crippen molar-refractivity contribution in [1.29, 1.82) is 0 Å². The number of ether oxygens (including phenoxy) is 6. The normalized spacial score (nSPS) is 9.93. The molecule has 0 aliphatic rings. The fourth-order valence-corrected chi connectivity index (χ4v) is 1.57. The summed E-state index contributed by atoms with van der Waals surface area (Å²) in [6.07, 6.45) is 1.48. The highest BCUT2D eigenvalue weighted by molar-refractivity contribution is 5.81. The van der Waals surface area contributed by atoms with Crippen molar-refractivity contribution in [3.63, 3.8) is 0 Å². The van der Waals surface area contributed by atoms with Gasteiger partial charge in [-0.3, -0.25) is 0 Å². The predicted octanol–water partition coefficient (Wildman–Crippen LogP) is 0.404. The summed E-state index contributed by atoms with van der Waals surface area (Å²) in [5, 5.41) is 4.93. The second-order valence-electron chi connectivity index (χ2n) is 5.09. The second-order valence-corrected chi connectivity index (χ2v) is 5.09. The molecule has 0 heterocycles. The van der Waals surface area contributed by atoms with Crippen molar-refractivity contribution in [2.45, 2.75) is 0 Å². The van der Waals surface area contributed by atoms with Crippen molar-refractivity contribution in [2.75, 3.05) is 72.6 Å². The molecule has 0 unspecified atom stereocenters. The molecule has 2 N–H and O–H groups in total. The molecule has 166 valence electrons. The molecular formula is C18H30N2O9. The zero-order valence-electron chi connectivity index (χ0n) is 16.5. The third kappa shape index (κ3) is 19.9. The van der Waals surface area contributed by atoms with Crippen molar-refractivity contribution in [3.8, 4) is 0 Å². The van der Waals surface area contributed by atoms with Gasteiger partial charge in [-0.15, -0.1) is 6.58 Å². The molecule has 0 aliphatic heterocycles. The first-order valence-electron chi connectivity index (χ1n) is 9.04. The molecule has 0 aromatic heterocycles. The van der Waals surface area contributed by atoms with Crippen LogP contribution in [0, 0.1) is 0 Å². The first-order valence-corrected chi connectivity index (χ1v) is 9.04. The monoisotopic (exact) mass is 418 g/mol. The van der Waals surface area contributed by atoms with Gasteiger partial charge in [0, 0.05) is 12.6 Å². The Morgan fingerprint density at radius 2 is 1.17 bits per heavy atom. The summed E-state index contributed by atoms with van der Waals surface area (Å²) < 4.78 is 30.0. The molecule has 0 aromatic rings. The lowest BCUT2D eigenvalue weighted by Crippen LogP contribution is -2.29. The van der Waals surface area contributed by atoms with E-state index in [0.717, 1.165) is 6.08 Å². The lowest BCUT2D eigenvalue weighted by molar-refractivity contribution is -0.137. The quantitative estimate of drug-likeness (QED) is 0.107. The molecule has 0 aromatic carbocycles. The fourth-order valence-electron chi connectivity index (χ4n) is 1.57. The summed E-state index contributed by atoms with van der Waals surface area (Å²) in [4.78, 5) is 33.4. The molecule has 0 fully saturated rings. The Morgan fingerprint density at radius 1 is 0.655 bits per heavy atom. The highest BCUT2D eigenvalue weighted by Gasteiger charge is 2.02. The maximum Gasteiger partial charge on any atom is 0.407 e. The van der Waals surface area contributed by atoms with E-state index in [1.807, 2.05) is 0 Å². The van der Waals surface area contributed by atoms with Crippen LogP contribution in [0.15, 0.2) is 25.3 Å². The van der Waals surface area contributed by atoms with Crippen LogP contribution in [-0.4, -0.2) is 90.7 Å². The van der Waals surface area contributed by atoms with E-state index in [4.69, 9.17) is 23.7 Å². The van der Waals surface area contributed by atoms with Gasteiger partial charge in [0.05, 0.1) is 46.2 Å². The van der Waals surface area contributed by atoms with Gasteiger partial charge in [-0.2, -0.15) is 0 Å². The first kappa shape index (κ1) is 26.4. The lowest BCUT2D eigenvalue weighted by Gasteiger charge is -2.09. The largest absolute Gasteiger partial charge is 0.461 e. The van der Waals surface area contributed by atoms with E-state index in [9.17, 15) is 14.4 Å². The van der Waals surface area contributed by atoms with E-state index in [1.165, 1.54) is 0 Å². The number of carbonyl (C=O) groups excluding carboxylic acids is 3. The number of amides is 2. The number of rotatable bonds is 18. The Balaban J connectivity index is 3.29. The van der Waals surface area contributed by atoms with Crippen LogP contribution in [0.3, 0.4) is 0 Å². The Morgan fingerprint density at radius 3 is 1.69 bits per heavy atom. The van der Waals surface area contributed by atoms with Crippen LogP contribution < -0.4 is 10.6 Å². The van der Waals surface area contributed by atoms with Crippen LogP contribution in [0.2, 0.25) is 0 Å². The minimum absolute atomic E-state index is 0.0311. The molecule has 0 rings (SSSR count). The topological polar surface area (TPSA) is 131 Å². The summed E-state index contributed by atoms with van der Waals surface area (Å²) in [7, 11) is 0. The van der Waals surface area contributed by atoms with E-state index >= 15 is 0 Å². The number of carbonyl (C=O) groups is 3. The molecule has 29 heavy (non-hydrogen) atoms. The minimum atomic E-state index is -0.637. The molecule has 0 spiro atoms. The van der Waals surface area contributed by atoms with Gasteiger partial charge < -0.3 is 39.1 Å². The van der Waals surface area contributed by atoms with E-state index < -0.39 is 18.2 Å². The van der Waals surface area contributed by atoms with Crippen molar-refractivity contribution < 1.29 is 42.8 Å². The third-order valence-electron chi connectivity index (χ3n) is 2.83. The maximum atomic E-state index is 11.3. The highest BCUT2D eigenvalue weighted by Crippen LogP contribution is 1.85. The van der Waals surface area contributed by atoms with Gasteiger partial charge in [0.2, 0.25) is 0 Å². The molecule has 0 aliphatic carbocycles. The lowest BCUT2D eigenvalue weighted by atomic mass is 10.6. The summed E-state index contributed by atoms with van der Waals surface area (Å²) in [6.45, 7) is 9.31. The van der Waals surface area contributed by atoms with Crippen LogP contribution in [0.4, 0.5) is 9.59 Å². The number of alkyl carbamates (subject to hydrolysis) is 2. The number of esters is 1. The van der Waals surface area contributed by atoms with Gasteiger partial charge >= 0.3 is 18.2 Å². The summed E-state index contributed by atoms with van der Waals surface area (Å²) >= 11 is 0. The van der Waals surface area contributed by atoms with Gasteiger partial charge in [0.1, 0.15) is 19.8 Å². The molecule has 11 nitrogen and oxygen atoms in total. The molecule has 0 bridgehead atoms. The van der Waals surface area contributed by atoms with E-state index in [1.54, 1.807) is 6.08 Å². The molecule has 0 saturated heterocycles. The molecule has 0 atom stereocenters. The third-order valence-corrected chi connectivity index (χ3v) is 2.83. The Labute approximate surface area is 170 Å². The number of nitrogens with one attached hydrogen (secondary N) is 2. The van der Waals surface area contributed by atoms with Crippen LogP contribution in [-0.2, 0) is 33.2 Å². The second kappa shape index (κ2) is 20.1. The van der Waals surface area contributed by atoms with Gasteiger partial charge in [-0.1, -0.05) is 12.7 Å². The van der Waals surface area contributed by atoms with Crippen LogP contribution in [0.5, 0.6) is 0 Å². The van der Waals surface area contributed by atoms with E-state index in [0.29, 0.717) is 33.0 Å². The van der Waals surface area contributed by atoms with Gasteiger partial charge in [-0.05, 0) is 0 Å². The van der Waals surface area contributed by atoms with E-state index in [2.05, 4.69) is 28.5 Å². The Bertz CT molecular complexity index is 486. The minimum Gasteiger partial charge on any atom is -0.461 e. The van der Waals surface area contributed by atoms with Crippen LogP contribution in [0.1, 0.15) is 0 Å². The summed E-state index contributed by atoms with van der Waals surface area (Å²) in [6, 6.07) is 0. The molecular weight excluding hydrogens is 388 g/mol. The van der Waals surface area contributed by atoms with E-state index in [-0.39, 0.29) is 39.6 Å². The van der Waals surface area contributed by atoms with Crippen LogP contribution >= 0.6 is 0 Å². The molecule has 11 heteroatoms. The van der Waals surface area contributed by atoms with Crippen molar-refractivity contribution >= 4 is 18.2 Å². The van der Waals surface area contributed by atoms with Crippen molar-refractivity contribution in [2.24, 2.45) is 0 Å². The van der Waals surface area contributed by atoms with Crippen molar-refractivity contribution in [3.05, 3.63) is 25.3 Å². The molecule has 0 radical (unpaired) electrons. The average molecular weight is 418 g/mol. The summed E-state index contributed by atoms with van der Waals surface area (Å²) in [5.41, 5.74) is 0. The number of hydrogen-bond donors (Lipinski definition) is 2. The Hall–Kier alpha value is -2.63. The average Bonchev–Trinajstić information content (AvgIpc) is 2.72. The maximum absolute atomic E-state index is 11.3.